The van der Waals surface area contributed by atoms with Crippen molar-refractivity contribution >= 4 is 17.6 Å². The maximum absolute atomic E-state index is 12.2. The van der Waals surface area contributed by atoms with Crippen molar-refractivity contribution in [1.82, 2.24) is 0 Å². The topological polar surface area (TPSA) is 68.5 Å². The summed E-state index contributed by atoms with van der Waals surface area (Å²) in [5, 5.41) is 2.82. The molecule has 3 rings (SSSR count). The molecule has 0 atom stereocenters. The number of esters is 1. The lowest BCUT2D eigenvalue weighted by atomic mass is 10.1. The lowest BCUT2D eigenvalue weighted by Crippen LogP contribution is -2.12. The van der Waals surface area contributed by atoms with E-state index >= 15 is 0 Å². The fraction of sp³-hybridized carbons (Fsp3) is 0.143. The number of furan rings is 1. The second-order valence-corrected chi connectivity index (χ2v) is 5.92. The van der Waals surface area contributed by atoms with Gasteiger partial charge in [0, 0.05) is 11.3 Å². The Balaban J connectivity index is 1.58. The molecule has 2 aromatic carbocycles. The maximum Gasteiger partial charge on any atom is 0.342 e. The summed E-state index contributed by atoms with van der Waals surface area (Å²) in [6.07, 6.45) is 0. The molecular formula is C21H19NO4. The molecule has 132 valence electrons. The summed E-state index contributed by atoms with van der Waals surface area (Å²) in [7, 11) is 0. The molecule has 0 radical (unpaired) electrons. The molecule has 0 bridgehead atoms. The number of amides is 1. The van der Waals surface area contributed by atoms with Crippen molar-refractivity contribution in [2.24, 2.45) is 0 Å². The van der Waals surface area contributed by atoms with Gasteiger partial charge < -0.3 is 14.5 Å². The van der Waals surface area contributed by atoms with Crippen LogP contribution in [0.5, 0.6) is 0 Å². The summed E-state index contributed by atoms with van der Waals surface area (Å²) >= 11 is 0. The second-order valence-electron chi connectivity index (χ2n) is 5.92. The van der Waals surface area contributed by atoms with Crippen LogP contribution in [0.3, 0.4) is 0 Å². The number of benzene rings is 2. The predicted molar refractivity (Wildman–Crippen MR) is 98.1 cm³/mol. The smallest absolute Gasteiger partial charge is 0.342 e. The third-order valence-electron chi connectivity index (χ3n) is 3.88. The van der Waals surface area contributed by atoms with Crippen molar-refractivity contribution in [3.05, 3.63) is 88.9 Å². The Bertz CT molecular complexity index is 911. The number of carbonyl (C=O) groups excluding carboxylic acids is 2. The van der Waals surface area contributed by atoms with E-state index in [9.17, 15) is 9.59 Å². The molecule has 0 spiro atoms. The van der Waals surface area contributed by atoms with E-state index in [1.54, 1.807) is 44.2 Å². The molecule has 1 amide bonds. The SMILES string of the molecule is Cc1cc(C(=O)OCc2ccc(C(=O)Nc3ccccc3)cc2)c(C)o1. The Labute approximate surface area is 151 Å². The van der Waals surface area contributed by atoms with Crippen molar-refractivity contribution in [3.8, 4) is 0 Å². The molecule has 0 aliphatic rings. The van der Waals surface area contributed by atoms with Gasteiger partial charge in [0.25, 0.3) is 5.91 Å². The molecule has 5 heteroatoms. The zero-order valence-corrected chi connectivity index (χ0v) is 14.6. The van der Waals surface area contributed by atoms with Gasteiger partial charge in [-0.1, -0.05) is 30.3 Å². The highest BCUT2D eigenvalue weighted by Crippen LogP contribution is 2.16. The van der Waals surface area contributed by atoms with E-state index in [4.69, 9.17) is 9.15 Å². The van der Waals surface area contributed by atoms with Crippen LogP contribution >= 0.6 is 0 Å². The average Bonchev–Trinajstić information content (AvgIpc) is 2.99. The molecule has 1 aromatic heterocycles. The number of nitrogens with one attached hydrogen (secondary N) is 1. The summed E-state index contributed by atoms with van der Waals surface area (Å²) in [5.41, 5.74) is 2.50. The van der Waals surface area contributed by atoms with Crippen molar-refractivity contribution in [2.45, 2.75) is 20.5 Å². The highest BCUT2D eigenvalue weighted by atomic mass is 16.5. The number of hydrogen-bond acceptors (Lipinski definition) is 4. The van der Waals surface area contributed by atoms with Crippen LogP contribution in [0.2, 0.25) is 0 Å². The third-order valence-corrected chi connectivity index (χ3v) is 3.88. The zero-order valence-electron chi connectivity index (χ0n) is 14.6. The number of aryl methyl sites for hydroxylation is 2. The van der Waals surface area contributed by atoms with Crippen molar-refractivity contribution in [3.63, 3.8) is 0 Å². The van der Waals surface area contributed by atoms with Gasteiger partial charge in [-0.2, -0.15) is 0 Å². The molecular weight excluding hydrogens is 330 g/mol. The largest absolute Gasteiger partial charge is 0.466 e. The molecule has 0 unspecified atom stereocenters. The fourth-order valence-electron chi connectivity index (χ4n) is 2.54. The quantitative estimate of drug-likeness (QED) is 0.688. The fourth-order valence-corrected chi connectivity index (χ4v) is 2.54. The van der Waals surface area contributed by atoms with Crippen molar-refractivity contribution in [2.75, 3.05) is 5.32 Å². The van der Waals surface area contributed by atoms with Crippen LogP contribution in [0.1, 0.15) is 37.8 Å². The highest BCUT2D eigenvalue weighted by molar-refractivity contribution is 6.04. The van der Waals surface area contributed by atoms with Gasteiger partial charge in [-0.3, -0.25) is 4.79 Å². The van der Waals surface area contributed by atoms with Gasteiger partial charge in [-0.25, -0.2) is 4.79 Å². The summed E-state index contributed by atoms with van der Waals surface area (Å²) in [5.74, 6) is 0.596. The summed E-state index contributed by atoms with van der Waals surface area (Å²) in [4.78, 5) is 24.3. The Morgan fingerprint density at radius 2 is 1.69 bits per heavy atom. The molecule has 0 aliphatic heterocycles. The molecule has 5 nitrogen and oxygen atoms in total. The first-order valence-corrected chi connectivity index (χ1v) is 8.22. The first-order chi connectivity index (χ1) is 12.5. The number of para-hydroxylation sites is 1. The first-order valence-electron chi connectivity index (χ1n) is 8.22. The standard InChI is InChI=1S/C21H19NO4/c1-14-12-19(15(2)26-14)21(24)25-13-16-8-10-17(11-9-16)20(23)22-18-6-4-3-5-7-18/h3-12H,13H2,1-2H3,(H,22,23). The van der Waals surface area contributed by atoms with Gasteiger partial charge >= 0.3 is 5.97 Å². The molecule has 0 saturated carbocycles. The normalized spacial score (nSPS) is 10.4. The number of hydrogen-bond donors (Lipinski definition) is 1. The van der Waals surface area contributed by atoms with Crippen molar-refractivity contribution in [1.29, 1.82) is 0 Å². The van der Waals surface area contributed by atoms with Gasteiger partial charge in [0.05, 0.1) is 0 Å². The molecule has 0 saturated heterocycles. The van der Waals surface area contributed by atoms with Crippen LogP contribution in [0.15, 0.2) is 65.1 Å². The minimum Gasteiger partial charge on any atom is -0.466 e. The maximum atomic E-state index is 12.2. The van der Waals surface area contributed by atoms with E-state index in [2.05, 4.69) is 5.32 Å². The Morgan fingerprint density at radius 3 is 2.31 bits per heavy atom. The van der Waals surface area contributed by atoms with E-state index in [1.807, 2.05) is 30.3 Å². The summed E-state index contributed by atoms with van der Waals surface area (Å²) in [6, 6.07) is 17.8. The lowest BCUT2D eigenvalue weighted by Gasteiger charge is -2.07. The summed E-state index contributed by atoms with van der Waals surface area (Å²) in [6.45, 7) is 3.63. The number of ether oxygens (including phenoxy) is 1. The Hall–Kier alpha value is -3.34. The first kappa shape index (κ1) is 17.5. The van der Waals surface area contributed by atoms with Crippen LogP contribution in [0.4, 0.5) is 5.69 Å². The zero-order chi connectivity index (χ0) is 18.5. The molecule has 1 N–H and O–H groups in total. The Kier molecular flexibility index (Phi) is 5.17. The van der Waals surface area contributed by atoms with Gasteiger partial charge in [0.2, 0.25) is 0 Å². The van der Waals surface area contributed by atoms with Gasteiger partial charge in [-0.05, 0) is 49.7 Å². The second kappa shape index (κ2) is 7.70. The Morgan fingerprint density at radius 1 is 1.00 bits per heavy atom. The van der Waals surface area contributed by atoms with Crippen LogP contribution < -0.4 is 5.32 Å². The van der Waals surface area contributed by atoms with Crippen LogP contribution in [0.25, 0.3) is 0 Å². The molecule has 1 heterocycles. The van der Waals surface area contributed by atoms with Crippen molar-refractivity contribution < 1.29 is 18.7 Å². The summed E-state index contributed by atoms with van der Waals surface area (Å²) < 4.78 is 10.6. The minimum absolute atomic E-state index is 0.128. The van der Waals surface area contributed by atoms with Crippen LogP contribution in [-0.4, -0.2) is 11.9 Å². The average molecular weight is 349 g/mol. The van der Waals surface area contributed by atoms with E-state index in [0.29, 0.717) is 22.6 Å². The van der Waals surface area contributed by atoms with E-state index in [1.165, 1.54) is 0 Å². The van der Waals surface area contributed by atoms with E-state index in [0.717, 1.165) is 11.3 Å². The van der Waals surface area contributed by atoms with E-state index in [-0.39, 0.29) is 12.5 Å². The minimum atomic E-state index is -0.426. The molecule has 0 aliphatic carbocycles. The molecule has 26 heavy (non-hydrogen) atoms. The van der Waals surface area contributed by atoms with E-state index < -0.39 is 5.97 Å². The number of rotatable bonds is 5. The molecule has 3 aromatic rings. The van der Waals surface area contributed by atoms with Crippen LogP contribution in [0, 0.1) is 13.8 Å². The molecule has 0 fully saturated rings. The van der Waals surface area contributed by atoms with Crippen LogP contribution in [-0.2, 0) is 11.3 Å². The number of carbonyl (C=O) groups is 2. The van der Waals surface area contributed by atoms with Gasteiger partial charge in [-0.15, -0.1) is 0 Å². The van der Waals surface area contributed by atoms with Gasteiger partial charge in [0.1, 0.15) is 23.7 Å². The highest BCUT2D eigenvalue weighted by Gasteiger charge is 2.15. The third kappa shape index (κ3) is 4.19. The number of anilines is 1. The van der Waals surface area contributed by atoms with Gasteiger partial charge in [0.15, 0.2) is 0 Å². The monoisotopic (exact) mass is 349 g/mol. The predicted octanol–water partition coefficient (Wildman–Crippen LogP) is 4.51. The lowest BCUT2D eigenvalue weighted by molar-refractivity contribution is 0.0470.